The molecule has 0 aliphatic heterocycles. The van der Waals surface area contributed by atoms with Gasteiger partial charge in [-0.1, -0.05) is 22.0 Å². The first-order valence-electron chi connectivity index (χ1n) is 6.15. The lowest BCUT2D eigenvalue weighted by Gasteiger charge is -2.16. The van der Waals surface area contributed by atoms with E-state index in [1.165, 1.54) is 21.0 Å². The lowest BCUT2D eigenvalue weighted by Crippen LogP contribution is -2.11. The quantitative estimate of drug-likeness (QED) is 0.396. The zero-order valence-electron chi connectivity index (χ0n) is 11.9. The van der Waals surface area contributed by atoms with Crippen molar-refractivity contribution in [2.75, 3.05) is 7.11 Å². The minimum atomic E-state index is -0.410. The van der Waals surface area contributed by atoms with Crippen molar-refractivity contribution in [3.05, 3.63) is 23.8 Å². The van der Waals surface area contributed by atoms with E-state index in [9.17, 15) is 9.59 Å². The highest BCUT2D eigenvalue weighted by atomic mass is 79.9. The molecule has 0 N–H and O–H groups in total. The second-order valence-corrected chi connectivity index (χ2v) is 6.35. The van der Waals surface area contributed by atoms with Gasteiger partial charge in [-0.3, -0.25) is 9.59 Å². The van der Waals surface area contributed by atoms with Gasteiger partial charge in [-0.25, -0.2) is 0 Å². The average Bonchev–Trinajstić information content (AvgIpc) is 2.37. The fourth-order valence-electron chi connectivity index (χ4n) is 1.65. The lowest BCUT2D eigenvalue weighted by molar-refractivity contribution is -0.142. The molecule has 0 bridgehead atoms. The summed E-state index contributed by atoms with van der Waals surface area (Å²) in [4.78, 5) is 21.8. The van der Waals surface area contributed by atoms with E-state index < -0.39 is 11.0 Å². The number of carbonyl (C=O) groups is 2. The van der Waals surface area contributed by atoms with E-state index in [4.69, 9.17) is 14.2 Å². The topological polar surface area (TPSA) is 61.8 Å². The number of alkyl halides is 2. The van der Waals surface area contributed by atoms with Crippen LogP contribution in [0, 0.1) is 0 Å². The summed E-state index contributed by atoms with van der Waals surface area (Å²) in [5, 5.41) is -0.390. The predicted molar refractivity (Wildman–Crippen MR) is 85.1 cm³/mol. The summed E-state index contributed by atoms with van der Waals surface area (Å²) in [7, 11) is 1.50. The molecule has 0 amide bonds. The van der Waals surface area contributed by atoms with E-state index in [0.717, 1.165) is 5.56 Å². The smallest absolute Gasteiger partial charge is 0.308 e. The van der Waals surface area contributed by atoms with Crippen LogP contribution in [0.1, 0.15) is 30.7 Å². The Bertz CT molecular complexity index is 518. The Balaban J connectivity index is 2.83. The Morgan fingerprint density at radius 3 is 2.33 bits per heavy atom. The maximum absolute atomic E-state index is 11.0. The highest BCUT2D eigenvalue weighted by molar-refractivity contribution is 9.10. The number of esters is 2. The van der Waals surface area contributed by atoms with Gasteiger partial charge in [-0.2, -0.15) is 0 Å². The van der Waals surface area contributed by atoms with Gasteiger partial charge in [-0.15, -0.1) is 0 Å². The molecular formula is C14H16Br2O5. The van der Waals surface area contributed by atoms with Crippen LogP contribution < -0.4 is 9.47 Å². The Hall–Kier alpha value is -1.08. The standard InChI is InChI=1S/C14H16Br2O5/c1-8(17)20-12-5-4-10(6-13(12)19-3)11(15)7-14(16)21-9(2)18/h4-6,11,14H,7H2,1-3H3. The molecule has 0 aliphatic rings. The molecule has 0 radical (unpaired) electrons. The molecule has 0 aromatic heterocycles. The van der Waals surface area contributed by atoms with Crippen LogP contribution in [0.5, 0.6) is 11.5 Å². The number of carbonyl (C=O) groups excluding carboxylic acids is 2. The van der Waals surface area contributed by atoms with Crippen LogP contribution in [-0.2, 0) is 14.3 Å². The first-order chi connectivity index (χ1) is 9.83. The van der Waals surface area contributed by atoms with Gasteiger partial charge in [0, 0.05) is 25.1 Å². The number of methoxy groups -OCH3 is 1. The van der Waals surface area contributed by atoms with E-state index >= 15 is 0 Å². The zero-order chi connectivity index (χ0) is 16.0. The van der Waals surface area contributed by atoms with Gasteiger partial charge in [-0.05, 0) is 33.6 Å². The van der Waals surface area contributed by atoms with Crippen molar-refractivity contribution in [1.29, 1.82) is 0 Å². The fourth-order valence-corrected chi connectivity index (χ4v) is 3.41. The summed E-state index contributed by atoms with van der Waals surface area (Å²) in [6.07, 6.45) is 0.537. The Labute approximate surface area is 140 Å². The van der Waals surface area contributed by atoms with Crippen LogP contribution in [0.4, 0.5) is 0 Å². The highest BCUT2D eigenvalue weighted by Crippen LogP contribution is 2.36. The molecule has 21 heavy (non-hydrogen) atoms. The summed E-state index contributed by atoms with van der Waals surface area (Å²) in [6.45, 7) is 2.68. The van der Waals surface area contributed by atoms with E-state index in [2.05, 4.69) is 31.9 Å². The molecule has 0 aliphatic carbocycles. The Morgan fingerprint density at radius 1 is 1.14 bits per heavy atom. The Kier molecular flexibility index (Phi) is 7.17. The molecule has 0 saturated heterocycles. The maximum atomic E-state index is 11.0. The number of ether oxygens (including phenoxy) is 3. The summed E-state index contributed by atoms with van der Waals surface area (Å²) in [5.74, 6) is 0.0702. The molecule has 5 nitrogen and oxygen atoms in total. The average molecular weight is 424 g/mol. The van der Waals surface area contributed by atoms with Gasteiger partial charge in [0.25, 0.3) is 0 Å². The van der Waals surface area contributed by atoms with Crippen LogP contribution in [0.15, 0.2) is 18.2 Å². The van der Waals surface area contributed by atoms with Crippen LogP contribution in [0.2, 0.25) is 0 Å². The number of halogens is 2. The van der Waals surface area contributed by atoms with Gasteiger partial charge >= 0.3 is 11.9 Å². The second kappa shape index (κ2) is 8.38. The highest BCUT2D eigenvalue weighted by Gasteiger charge is 2.18. The van der Waals surface area contributed by atoms with Crippen molar-refractivity contribution < 1.29 is 23.8 Å². The summed E-state index contributed by atoms with van der Waals surface area (Å²) >= 11 is 6.82. The normalized spacial score (nSPS) is 13.2. The molecule has 116 valence electrons. The second-order valence-electron chi connectivity index (χ2n) is 4.23. The van der Waals surface area contributed by atoms with Gasteiger partial charge < -0.3 is 14.2 Å². The maximum Gasteiger partial charge on any atom is 0.308 e. The van der Waals surface area contributed by atoms with Crippen molar-refractivity contribution in [3.63, 3.8) is 0 Å². The van der Waals surface area contributed by atoms with E-state index in [1.54, 1.807) is 12.1 Å². The van der Waals surface area contributed by atoms with Crippen LogP contribution >= 0.6 is 31.9 Å². The van der Waals surface area contributed by atoms with Gasteiger partial charge in [0.05, 0.1) is 7.11 Å². The molecule has 7 heteroatoms. The molecule has 0 saturated carbocycles. The van der Waals surface area contributed by atoms with Crippen LogP contribution in [-0.4, -0.2) is 24.1 Å². The largest absolute Gasteiger partial charge is 0.493 e. The van der Waals surface area contributed by atoms with Gasteiger partial charge in [0.2, 0.25) is 0 Å². The van der Waals surface area contributed by atoms with Gasteiger partial charge in [0.1, 0.15) is 0 Å². The summed E-state index contributed by atoms with van der Waals surface area (Å²) in [5.41, 5.74) is 0.916. The van der Waals surface area contributed by atoms with Gasteiger partial charge in [0.15, 0.2) is 16.5 Å². The number of hydrogen-bond donors (Lipinski definition) is 0. The molecular weight excluding hydrogens is 408 g/mol. The number of benzene rings is 1. The van der Waals surface area contributed by atoms with E-state index in [-0.39, 0.29) is 10.8 Å². The Morgan fingerprint density at radius 2 is 1.81 bits per heavy atom. The molecule has 2 unspecified atom stereocenters. The minimum absolute atomic E-state index is 0.0542. The molecule has 1 rings (SSSR count). The summed E-state index contributed by atoms with van der Waals surface area (Å²) < 4.78 is 15.3. The predicted octanol–water partition coefficient (Wildman–Crippen LogP) is 3.73. The number of hydrogen-bond acceptors (Lipinski definition) is 5. The molecule has 0 spiro atoms. The molecule has 2 atom stereocenters. The number of rotatable bonds is 6. The van der Waals surface area contributed by atoms with Crippen molar-refractivity contribution in [3.8, 4) is 11.5 Å². The molecule has 0 heterocycles. The monoisotopic (exact) mass is 422 g/mol. The first-order valence-corrected chi connectivity index (χ1v) is 7.98. The third kappa shape index (κ3) is 6.05. The zero-order valence-corrected chi connectivity index (χ0v) is 15.1. The van der Waals surface area contributed by atoms with Crippen LogP contribution in [0.3, 0.4) is 0 Å². The third-order valence-corrected chi connectivity index (χ3v) is 3.95. The van der Waals surface area contributed by atoms with E-state index in [0.29, 0.717) is 17.9 Å². The lowest BCUT2D eigenvalue weighted by atomic mass is 10.1. The van der Waals surface area contributed by atoms with Crippen LogP contribution in [0.25, 0.3) is 0 Å². The van der Waals surface area contributed by atoms with E-state index in [1.807, 2.05) is 6.07 Å². The fraction of sp³-hybridized carbons (Fsp3) is 0.429. The minimum Gasteiger partial charge on any atom is -0.493 e. The molecule has 1 aromatic carbocycles. The molecule has 1 aromatic rings. The first kappa shape index (κ1) is 18.0. The third-order valence-electron chi connectivity index (χ3n) is 2.49. The SMILES string of the molecule is COc1cc(C(Br)CC(Br)OC(C)=O)ccc1OC(C)=O. The van der Waals surface area contributed by atoms with Crippen molar-refractivity contribution in [2.45, 2.75) is 30.1 Å². The van der Waals surface area contributed by atoms with Crippen molar-refractivity contribution in [2.24, 2.45) is 0 Å². The van der Waals surface area contributed by atoms with Crippen molar-refractivity contribution in [1.82, 2.24) is 0 Å². The summed E-state index contributed by atoms with van der Waals surface area (Å²) in [6, 6.07) is 5.25. The van der Waals surface area contributed by atoms with Crippen molar-refractivity contribution >= 4 is 43.8 Å². The molecule has 0 fully saturated rings.